The van der Waals surface area contributed by atoms with E-state index in [2.05, 4.69) is 6.08 Å². The molecule has 0 saturated heterocycles. The molecule has 96 valence electrons. The lowest BCUT2D eigenvalue weighted by molar-refractivity contribution is -0.0553. The minimum Gasteiger partial charge on any atom is -0.259 e. The highest BCUT2D eigenvalue weighted by Gasteiger charge is 2.56. The Balaban J connectivity index is 2.01. The highest BCUT2D eigenvalue weighted by atomic mass is 32.2. The van der Waals surface area contributed by atoms with Gasteiger partial charge in [0.2, 0.25) is 0 Å². The molecule has 0 heterocycles. The average Bonchev–Trinajstić information content (AvgIpc) is 2.11. The fourth-order valence-electron chi connectivity index (χ4n) is 4.68. The van der Waals surface area contributed by atoms with Gasteiger partial charge in [-0.3, -0.25) is 4.18 Å². The van der Waals surface area contributed by atoms with Crippen LogP contribution in [0.25, 0.3) is 0 Å². The molecule has 4 aliphatic rings. The maximum atomic E-state index is 11.5. The van der Waals surface area contributed by atoms with Crippen LogP contribution in [0.5, 0.6) is 0 Å². The maximum absolute atomic E-state index is 11.5. The van der Waals surface area contributed by atoms with Crippen molar-refractivity contribution in [1.29, 1.82) is 0 Å². The van der Waals surface area contributed by atoms with E-state index in [1.54, 1.807) is 0 Å². The van der Waals surface area contributed by atoms with Gasteiger partial charge < -0.3 is 0 Å². The summed E-state index contributed by atoms with van der Waals surface area (Å²) in [6, 6.07) is 0. The fraction of sp³-hybridized carbons (Fsp3) is 0.846. The predicted octanol–water partition coefficient (Wildman–Crippen LogP) is 2.49. The van der Waals surface area contributed by atoms with E-state index < -0.39 is 15.7 Å². The van der Waals surface area contributed by atoms with Crippen LogP contribution in [0.1, 0.15) is 39.0 Å². The summed E-state index contributed by atoms with van der Waals surface area (Å²) in [5, 5.41) is 0. The van der Waals surface area contributed by atoms with Crippen LogP contribution in [0.4, 0.5) is 0 Å². The van der Waals surface area contributed by atoms with Crippen molar-refractivity contribution < 1.29 is 12.6 Å². The summed E-state index contributed by atoms with van der Waals surface area (Å²) in [7, 11) is -3.37. The number of hydrogen-bond donors (Lipinski definition) is 0. The fourth-order valence-corrected chi connectivity index (χ4v) is 5.49. The van der Waals surface area contributed by atoms with Crippen molar-refractivity contribution in [3.63, 3.8) is 0 Å². The largest absolute Gasteiger partial charge is 0.265 e. The summed E-state index contributed by atoms with van der Waals surface area (Å²) in [5.41, 5.74) is 0.784. The van der Waals surface area contributed by atoms with E-state index in [-0.39, 0.29) is 0 Å². The van der Waals surface area contributed by atoms with Gasteiger partial charge in [-0.2, -0.15) is 8.42 Å². The van der Waals surface area contributed by atoms with Crippen molar-refractivity contribution in [2.45, 2.75) is 44.6 Å². The predicted molar refractivity (Wildman–Crippen MR) is 66.0 cm³/mol. The molecule has 0 amide bonds. The third-order valence-corrected chi connectivity index (χ3v) is 5.35. The Morgan fingerprint density at radius 2 is 1.82 bits per heavy atom. The molecular weight excluding hydrogens is 238 g/mol. The Morgan fingerprint density at radius 3 is 2.29 bits per heavy atom. The van der Waals surface area contributed by atoms with Crippen molar-refractivity contribution in [3.8, 4) is 0 Å². The first-order chi connectivity index (χ1) is 7.92. The molecule has 4 atom stereocenters. The van der Waals surface area contributed by atoms with Crippen LogP contribution in [0, 0.1) is 17.8 Å². The third-order valence-electron chi connectivity index (χ3n) is 4.73. The van der Waals surface area contributed by atoms with Gasteiger partial charge in [0.15, 0.2) is 0 Å². The summed E-state index contributed by atoms with van der Waals surface area (Å²) < 4.78 is 28.6. The molecular formula is C13H20O3S. The second-order valence-electron chi connectivity index (χ2n) is 6.07. The maximum Gasteiger partial charge on any atom is 0.265 e. The van der Waals surface area contributed by atoms with E-state index in [4.69, 9.17) is 4.18 Å². The second kappa shape index (κ2) is 3.58. The average molecular weight is 258 g/mol. The van der Waals surface area contributed by atoms with E-state index in [0.717, 1.165) is 12.8 Å². The van der Waals surface area contributed by atoms with Gasteiger partial charge in [-0.1, -0.05) is 6.08 Å². The highest BCUT2D eigenvalue weighted by Crippen LogP contribution is 2.60. The molecule has 0 spiro atoms. The van der Waals surface area contributed by atoms with Crippen molar-refractivity contribution in [1.82, 2.24) is 0 Å². The van der Waals surface area contributed by atoms with Gasteiger partial charge in [-0.15, -0.1) is 0 Å². The number of hydrogen-bond acceptors (Lipinski definition) is 3. The molecule has 0 aromatic carbocycles. The van der Waals surface area contributed by atoms with Crippen molar-refractivity contribution >= 4 is 10.1 Å². The molecule has 4 bridgehead atoms. The van der Waals surface area contributed by atoms with E-state index >= 15 is 0 Å². The summed E-state index contributed by atoms with van der Waals surface area (Å²) in [6.45, 7) is 2.02. The first-order valence-corrected chi connectivity index (χ1v) is 8.31. The van der Waals surface area contributed by atoms with E-state index in [9.17, 15) is 8.42 Å². The minimum atomic E-state index is -3.37. The molecule has 2 unspecified atom stereocenters. The molecule has 3 nitrogen and oxygen atoms in total. The van der Waals surface area contributed by atoms with Gasteiger partial charge in [0.1, 0.15) is 5.60 Å². The van der Waals surface area contributed by atoms with Crippen LogP contribution in [0.15, 0.2) is 11.6 Å². The quantitative estimate of drug-likeness (QED) is 0.434. The van der Waals surface area contributed by atoms with Crippen molar-refractivity contribution in [2.24, 2.45) is 17.8 Å². The van der Waals surface area contributed by atoms with E-state index in [0.29, 0.717) is 17.8 Å². The number of allylic oxidation sites excluding steroid dienone is 1. The molecule has 4 fully saturated rings. The summed E-state index contributed by atoms with van der Waals surface area (Å²) in [5.74, 6) is 1.93. The van der Waals surface area contributed by atoms with Gasteiger partial charge in [0, 0.05) is 0 Å². The van der Waals surface area contributed by atoms with Gasteiger partial charge in [0.25, 0.3) is 10.1 Å². The van der Waals surface area contributed by atoms with Gasteiger partial charge in [-0.25, -0.2) is 0 Å². The van der Waals surface area contributed by atoms with Crippen LogP contribution >= 0.6 is 0 Å². The Morgan fingerprint density at radius 1 is 1.24 bits per heavy atom. The molecule has 17 heavy (non-hydrogen) atoms. The Bertz CT molecular complexity index is 449. The lowest BCUT2D eigenvalue weighted by atomic mass is 9.52. The van der Waals surface area contributed by atoms with Crippen LogP contribution < -0.4 is 0 Å². The van der Waals surface area contributed by atoms with Crippen LogP contribution in [-0.2, 0) is 14.3 Å². The van der Waals surface area contributed by atoms with Crippen LogP contribution in [0.3, 0.4) is 0 Å². The van der Waals surface area contributed by atoms with Crippen molar-refractivity contribution in [3.05, 3.63) is 11.6 Å². The van der Waals surface area contributed by atoms with Gasteiger partial charge in [0.05, 0.1) is 6.26 Å². The van der Waals surface area contributed by atoms with Crippen molar-refractivity contribution in [2.75, 3.05) is 6.26 Å². The zero-order valence-electron chi connectivity index (χ0n) is 10.5. The first-order valence-electron chi connectivity index (χ1n) is 6.49. The smallest absolute Gasteiger partial charge is 0.259 e. The molecule has 0 aliphatic heterocycles. The molecule has 0 aromatic heterocycles. The third kappa shape index (κ3) is 1.85. The minimum absolute atomic E-state index is 0.475. The normalized spacial score (nSPS) is 46.7. The molecule has 0 aromatic rings. The Labute approximate surface area is 103 Å². The topological polar surface area (TPSA) is 43.4 Å². The zero-order chi connectivity index (χ0) is 12.3. The molecule has 4 aliphatic carbocycles. The van der Waals surface area contributed by atoms with Gasteiger partial charge in [-0.05, 0) is 62.4 Å². The second-order valence-corrected chi connectivity index (χ2v) is 7.65. The van der Waals surface area contributed by atoms with Gasteiger partial charge >= 0.3 is 0 Å². The molecule has 4 saturated carbocycles. The standard InChI is InChI=1S/C13H20O3S/c1-3-12-11-5-9-4-10(6-11)8-13(12,7-9)16-17(2,14)15/h3,9-11H,4-8H2,1-2H3/b12-3+/t9-,10+,11?,13?/i16+2. The summed E-state index contributed by atoms with van der Waals surface area (Å²) >= 11 is 0. The van der Waals surface area contributed by atoms with E-state index in [1.165, 1.54) is 31.1 Å². The molecule has 0 radical (unpaired) electrons. The first kappa shape index (κ1) is 11.7. The Hall–Kier alpha value is -0.350. The van der Waals surface area contributed by atoms with E-state index in [1.807, 2.05) is 6.92 Å². The molecule has 4 heteroatoms. The SMILES string of the molecule is C/C=C1\C2C[C@@H]3C[C@H](C2)CC1([18O]S(C)(=O)=O)C3. The molecule has 0 N–H and O–H groups in total. The molecule has 4 rings (SSSR count). The monoisotopic (exact) mass is 258 g/mol. The number of rotatable bonds is 2. The van der Waals surface area contributed by atoms with Crippen LogP contribution in [-0.4, -0.2) is 20.3 Å². The van der Waals surface area contributed by atoms with Crippen LogP contribution in [0.2, 0.25) is 0 Å². The Kier molecular flexibility index (Phi) is 2.47. The summed E-state index contributed by atoms with van der Waals surface area (Å²) in [4.78, 5) is 0. The lowest BCUT2D eigenvalue weighted by Gasteiger charge is -2.57. The lowest BCUT2D eigenvalue weighted by Crippen LogP contribution is -2.54. The zero-order valence-corrected chi connectivity index (χ0v) is 11.3. The summed E-state index contributed by atoms with van der Waals surface area (Å²) in [6.07, 6.45) is 8.87. The highest BCUT2D eigenvalue weighted by molar-refractivity contribution is 7.86.